The third-order valence-corrected chi connectivity index (χ3v) is 3.21. The predicted molar refractivity (Wildman–Crippen MR) is 79.5 cm³/mol. The number of carbonyl (C=O) groups is 1. The van der Waals surface area contributed by atoms with Gasteiger partial charge in [0, 0.05) is 0 Å². The van der Waals surface area contributed by atoms with Crippen LogP contribution in [0.15, 0.2) is 35.4 Å². The SMILES string of the molecule is CS/C=C(\N)C(=O)N[C@H](C)C(O)c1cccc(C)c1. The Morgan fingerprint density at radius 2 is 2.21 bits per heavy atom. The highest BCUT2D eigenvalue weighted by molar-refractivity contribution is 8.01. The Labute approximate surface area is 118 Å². The number of rotatable bonds is 5. The first-order valence-corrected chi connectivity index (χ1v) is 7.28. The maximum atomic E-state index is 11.7. The number of thioether (sulfide) groups is 1. The van der Waals surface area contributed by atoms with Gasteiger partial charge in [0.2, 0.25) is 0 Å². The molecule has 0 saturated carbocycles. The van der Waals surface area contributed by atoms with Crippen LogP contribution in [0.1, 0.15) is 24.2 Å². The zero-order valence-electron chi connectivity index (χ0n) is 11.4. The molecular weight excluding hydrogens is 260 g/mol. The van der Waals surface area contributed by atoms with Gasteiger partial charge in [-0.2, -0.15) is 0 Å². The van der Waals surface area contributed by atoms with E-state index in [2.05, 4.69) is 5.32 Å². The van der Waals surface area contributed by atoms with Crippen LogP contribution in [0.5, 0.6) is 0 Å². The molecule has 19 heavy (non-hydrogen) atoms. The van der Waals surface area contributed by atoms with Crippen molar-refractivity contribution in [3.8, 4) is 0 Å². The molecule has 0 spiro atoms. The fraction of sp³-hybridized carbons (Fsp3) is 0.357. The van der Waals surface area contributed by atoms with Gasteiger partial charge in [0.05, 0.1) is 12.1 Å². The Bertz CT molecular complexity index is 474. The molecule has 1 aromatic carbocycles. The maximum absolute atomic E-state index is 11.7. The number of carbonyl (C=O) groups excluding carboxylic acids is 1. The summed E-state index contributed by atoms with van der Waals surface area (Å²) in [5.41, 5.74) is 7.58. The standard InChI is InChI=1S/C14H20N2O2S/c1-9-5-4-6-11(7-9)13(17)10(2)16-14(18)12(15)8-19-3/h4-8,10,13,17H,15H2,1-3H3,(H,16,18)/b12-8-/t10-,13?/m1/s1. The molecule has 1 rings (SSSR count). The summed E-state index contributed by atoms with van der Waals surface area (Å²) in [6.45, 7) is 3.70. The van der Waals surface area contributed by atoms with Gasteiger partial charge in [0.1, 0.15) is 5.70 Å². The van der Waals surface area contributed by atoms with Gasteiger partial charge in [0.15, 0.2) is 0 Å². The Balaban J connectivity index is 2.70. The van der Waals surface area contributed by atoms with E-state index in [9.17, 15) is 9.90 Å². The lowest BCUT2D eigenvalue weighted by atomic mass is 10.0. The van der Waals surface area contributed by atoms with Crippen LogP contribution in [0.25, 0.3) is 0 Å². The van der Waals surface area contributed by atoms with E-state index in [-0.39, 0.29) is 11.6 Å². The van der Waals surface area contributed by atoms with Crippen molar-refractivity contribution < 1.29 is 9.90 Å². The molecule has 1 amide bonds. The van der Waals surface area contributed by atoms with Gasteiger partial charge >= 0.3 is 0 Å². The molecular formula is C14H20N2O2S. The summed E-state index contributed by atoms with van der Waals surface area (Å²) in [7, 11) is 0. The van der Waals surface area contributed by atoms with E-state index < -0.39 is 12.1 Å². The number of hydrogen-bond acceptors (Lipinski definition) is 4. The Kier molecular flexibility index (Phi) is 5.92. The number of hydrogen-bond donors (Lipinski definition) is 3. The topological polar surface area (TPSA) is 75.4 Å². The highest BCUT2D eigenvalue weighted by Gasteiger charge is 2.19. The van der Waals surface area contributed by atoms with E-state index in [1.807, 2.05) is 37.4 Å². The molecule has 0 saturated heterocycles. The fourth-order valence-electron chi connectivity index (χ4n) is 1.69. The van der Waals surface area contributed by atoms with Gasteiger partial charge in [-0.3, -0.25) is 4.79 Å². The maximum Gasteiger partial charge on any atom is 0.267 e. The summed E-state index contributed by atoms with van der Waals surface area (Å²) in [6, 6.07) is 7.15. The summed E-state index contributed by atoms with van der Waals surface area (Å²) < 4.78 is 0. The number of benzene rings is 1. The second kappa shape index (κ2) is 7.21. The van der Waals surface area contributed by atoms with Crippen molar-refractivity contribution in [3.05, 3.63) is 46.5 Å². The molecule has 0 aliphatic heterocycles. The van der Waals surface area contributed by atoms with E-state index in [0.29, 0.717) is 0 Å². The molecule has 1 aromatic rings. The van der Waals surface area contributed by atoms with E-state index in [4.69, 9.17) is 5.73 Å². The second-order valence-corrected chi connectivity index (χ2v) is 5.14. The molecule has 4 N–H and O–H groups in total. The van der Waals surface area contributed by atoms with E-state index in [1.54, 1.807) is 12.3 Å². The van der Waals surface area contributed by atoms with Crippen LogP contribution in [0.2, 0.25) is 0 Å². The molecule has 0 radical (unpaired) electrons. The Hall–Kier alpha value is -1.46. The van der Waals surface area contributed by atoms with Gasteiger partial charge < -0.3 is 16.2 Å². The summed E-state index contributed by atoms with van der Waals surface area (Å²) in [6.07, 6.45) is 1.07. The van der Waals surface area contributed by atoms with Crippen molar-refractivity contribution >= 4 is 17.7 Å². The van der Waals surface area contributed by atoms with E-state index in [1.165, 1.54) is 11.8 Å². The van der Waals surface area contributed by atoms with Crippen LogP contribution >= 0.6 is 11.8 Å². The molecule has 4 nitrogen and oxygen atoms in total. The van der Waals surface area contributed by atoms with Crippen LogP contribution in [-0.4, -0.2) is 23.3 Å². The minimum Gasteiger partial charge on any atom is -0.394 e. The smallest absolute Gasteiger partial charge is 0.267 e. The molecule has 0 bridgehead atoms. The zero-order chi connectivity index (χ0) is 14.4. The first kappa shape index (κ1) is 15.6. The molecule has 0 heterocycles. The molecule has 2 atom stereocenters. The van der Waals surface area contributed by atoms with Gasteiger partial charge in [-0.05, 0) is 31.1 Å². The normalized spacial score (nSPS) is 14.8. The third kappa shape index (κ3) is 4.61. The molecule has 0 fully saturated rings. The minimum atomic E-state index is -0.758. The van der Waals surface area contributed by atoms with Crippen molar-refractivity contribution in [1.29, 1.82) is 0 Å². The van der Waals surface area contributed by atoms with Crippen LogP contribution in [0, 0.1) is 6.92 Å². The zero-order valence-corrected chi connectivity index (χ0v) is 12.2. The molecule has 0 aliphatic carbocycles. The van der Waals surface area contributed by atoms with E-state index in [0.717, 1.165) is 11.1 Å². The Morgan fingerprint density at radius 1 is 1.53 bits per heavy atom. The number of nitrogens with one attached hydrogen (secondary N) is 1. The first-order chi connectivity index (χ1) is 8.95. The fourth-order valence-corrected chi connectivity index (χ4v) is 2.05. The predicted octanol–water partition coefficient (Wildman–Crippen LogP) is 1.70. The average Bonchev–Trinajstić information content (AvgIpc) is 2.37. The third-order valence-electron chi connectivity index (χ3n) is 2.72. The highest BCUT2D eigenvalue weighted by atomic mass is 32.2. The van der Waals surface area contributed by atoms with Gasteiger partial charge in [-0.25, -0.2) is 0 Å². The lowest BCUT2D eigenvalue weighted by Gasteiger charge is -2.21. The van der Waals surface area contributed by atoms with Crippen molar-refractivity contribution in [2.45, 2.75) is 26.0 Å². The minimum absolute atomic E-state index is 0.149. The molecule has 0 aromatic heterocycles. The van der Waals surface area contributed by atoms with Gasteiger partial charge in [-0.15, -0.1) is 11.8 Å². The van der Waals surface area contributed by atoms with Crippen molar-refractivity contribution in [1.82, 2.24) is 5.32 Å². The number of nitrogens with two attached hydrogens (primary N) is 1. The van der Waals surface area contributed by atoms with Crippen molar-refractivity contribution in [2.75, 3.05) is 6.26 Å². The number of aliphatic hydroxyl groups is 1. The lowest BCUT2D eigenvalue weighted by Crippen LogP contribution is -2.39. The summed E-state index contributed by atoms with van der Waals surface area (Å²) in [5, 5.41) is 14.5. The van der Waals surface area contributed by atoms with Gasteiger partial charge in [-0.1, -0.05) is 29.8 Å². The molecule has 1 unspecified atom stereocenters. The highest BCUT2D eigenvalue weighted by Crippen LogP contribution is 2.18. The van der Waals surface area contributed by atoms with E-state index >= 15 is 0 Å². The van der Waals surface area contributed by atoms with Crippen molar-refractivity contribution in [2.24, 2.45) is 5.73 Å². The largest absolute Gasteiger partial charge is 0.394 e. The van der Waals surface area contributed by atoms with Crippen molar-refractivity contribution in [3.63, 3.8) is 0 Å². The quantitative estimate of drug-likeness (QED) is 0.718. The molecule has 0 aliphatic rings. The summed E-state index contributed by atoms with van der Waals surface area (Å²) in [4.78, 5) is 11.7. The van der Waals surface area contributed by atoms with Crippen LogP contribution in [0.4, 0.5) is 0 Å². The lowest BCUT2D eigenvalue weighted by molar-refractivity contribution is -0.118. The van der Waals surface area contributed by atoms with Gasteiger partial charge in [0.25, 0.3) is 5.91 Å². The monoisotopic (exact) mass is 280 g/mol. The average molecular weight is 280 g/mol. The summed E-state index contributed by atoms with van der Waals surface area (Å²) in [5.74, 6) is -0.367. The number of aliphatic hydroxyl groups excluding tert-OH is 1. The number of aryl methyl sites for hydroxylation is 1. The van der Waals surface area contributed by atoms with Crippen LogP contribution in [-0.2, 0) is 4.79 Å². The number of amides is 1. The van der Waals surface area contributed by atoms with Crippen LogP contribution in [0.3, 0.4) is 0 Å². The van der Waals surface area contributed by atoms with Crippen LogP contribution < -0.4 is 11.1 Å². The summed E-state index contributed by atoms with van der Waals surface area (Å²) >= 11 is 1.36. The molecule has 104 valence electrons. The second-order valence-electron chi connectivity index (χ2n) is 4.43. The molecule has 5 heteroatoms. The first-order valence-electron chi connectivity index (χ1n) is 5.99. The Morgan fingerprint density at radius 3 is 2.79 bits per heavy atom.